The highest BCUT2D eigenvalue weighted by Crippen LogP contribution is 2.21. The lowest BCUT2D eigenvalue weighted by molar-refractivity contribution is -0.135. The number of para-hydroxylation sites is 2. The van der Waals surface area contributed by atoms with Crippen LogP contribution in [0.25, 0.3) is 21.8 Å². The van der Waals surface area contributed by atoms with E-state index in [9.17, 15) is 47.9 Å². The molecule has 8 atom stereocenters. The van der Waals surface area contributed by atoms with Gasteiger partial charge in [0.05, 0.1) is 12.4 Å². The normalized spacial score (nSPS) is 14.1. The van der Waals surface area contributed by atoms with Crippen molar-refractivity contribution >= 4 is 80.9 Å². The van der Waals surface area contributed by atoms with E-state index in [-0.39, 0.29) is 51.5 Å². The monoisotopic (exact) mass is 1160 g/mol. The number of nitrogens with zero attached hydrogens (tertiary/aromatic N) is 1. The predicted molar refractivity (Wildman–Crippen MR) is 313 cm³/mol. The van der Waals surface area contributed by atoms with E-state index in [1.54, 1.807) is 62.6 Å². The zero-order valence-electron chi connectivity index (χ0n) is 47.6. The number of hydrogen-bond donors (Lipinski definition) is 14. The van der Waals surface area contributed by atoms with Crippen molar-refractivity contribution in [1.29, 1.82) is 0 Å². The summed E-state index contributed by atoms with van der Waals surface area (Å²) in [6, 6.07) is 14.0. The zero-order valence-corrected chi connectivity index (χ0v) is 47.6. The summed E-state index contributed by atoms with van der Waals surface area (Å²) < 4.78 is 0. The summed E-state index contributed by atoms with van der Waals surface area (Å²) in [4.78, 5) is 148. The molecule has 0 bridgehead atoms. The van der Waals surface area contributed by atoms with Crippen LogP contribution in [0.5, 0.6) is 0 Å². The summed E-state index contributed by atoms with van der Waals surface area (Å²) >= 11 is 0. The first-order valence-corrected chi connectivity index (χ1v) is 28.0. The van der Waals surface area contributed by atoms with Crippen LogP contribution in [0.2, 0.25) is 0 Å². The van der Waals surface area contributed by atoms with Crippen LogP contribution < -0.4 is 59.7 Å². The molecule has 448 valence electrons. The average molecular weight is 1160 g/mol. The van der Waals surface area contributed by atoms with Crippen molar-refractivity contribution in [3.05, 3.63) is 126 Å². The second kappa shape index (κ2) is 31.2. The Hall–Kier alpha value is -9.39. The van der Waals surface area contributed by atoms with Crippen molar-refractivity contribution in [3.8, 4) is 0 Å². The number of primary amides is 2. The van der Waals surface area contributed by atoms with Gasteiger partial charge in [0, 0.05) is 84.7 Å². The van der Waals surface area contributed by atoms with E-state index in [2.05, 4.69) is 62.5 Å². The smallest absolute Gasteiger partial charge is 0.243 e. The number of amides is 10. The molecule has 25 heteroatoms. The van der Waals surface area contributed by atoms with Gasteiger partial charge in [0.1, 0.15) is 42.3 Å². The molecule has 8 unspecified atom stereocenters. The fraction of sp³-hybridized carbons (Fsp3) is 0.407. The number of nitrogens with two attached hydrogens (primary N) is 3. The highest BCUT2D eigenvalue weighted by molar-refractivity contribution is 5.98. The second-order valence-corrected chi connectivity index (χ2v) is 21.1. The van der Waals surface area contributed by atoms with E-state index < -0.39 is 113 Å². The third-order valence-electron chi connectivity index (χ3n) is 14.2. The number of rotatable bonds is 33. The molecule has 0 fully saturated rings. The van der Waals surface area contributed by atoms with E-state index in [4.69, 9.17) is 17.2 Å². The quantitative estimate of drug-likeness (QED) is 0.0268. The number of nitrogens with one attached hydrogen (secondary N) is 11. The molecule has 3 aromatic carbocycles. The predicted octanol–water partition coefficient (Wildman–Crippen LogP) is 0.487. The van der Waals surface area contributed by atoms with Crippen molar-refractivity contribution in [2.45, 2.75) is 140 Å². The van der Waals surface area contributed by atoms with Gasteiger partial charge in [0.15, 0.2) is 0 Å². The number of H-pyrrole nitrogens is 3. The van der Waals surface area contributed by atoms with Gasteiger partial charge in [-0.05, 0) is 60.9 Å². The summed E-state index contributed by atoms with van der Waals surface area (Å²) in [5.41, 5.74) is 21.7. The molecule has 25 nitrogen and oxygen atoms in total. The second-order valence-electron chi connectivity index (χ2n) is 21.1. The Bertz CT molecular complexity index is 3230. The van der Waals surface area contributed by atoms with Gasteiger partial charge in [-0.1, -0.05) is 100 Å². The fourth-order valence-electron chi connectivity index (χ4n) is 9.46. The maximum atomic E-state index is 14.3. The van der Waals surface area contributed by atoms with Gasteiger partial charge in [-0.2, -0.15) is 0 Å². The lowest BCUT2D eigenvalue weighted by Gasteiger charge is -2.26. The Labute approximate surface area is 485 Å². The van der Waals surface area contributed by atoms with Crippen LogP contribution in [0.4, 0.5) is 0 Å². The lowest BCUT2D eigenvalue weighted by atomic mass is 10.0. The van der Waals surface area contributed by atoms with E-state index in [0.29, 0.717) is 29.7 Å². The summed E-state index contributed by atoms with van der Waals surface area (Å²) in [6.45, 7) is 6.45. The summed E-state index contributed by atoms with van der Waals surface area (Å²) in [6.07, 6.45) is 7.15. The van der Waals surface area contributed by atoms with Crippen LogP contribution in [0.1, 0.15) is 88.6 Å². The van der Waals surface area contributed by atoms with Crippen molar-refractivity contribution in [2.24, 2.45) is 23.1 Å². The number of benzene rings is 3. The first kappa shape index (κ1) is 63.8. The van der Waals surface area contributed by atoms with Crippen LogP contribution in [-0.4, -0.2) is 134 Å². The first-order valence-electron chi connectivity index (χ1n) is 28.0. The number of aromatic nitrogens is 4. The fourth-order valence-corrected chi connectivity index (χ4v) is 9.46. The number of carbonyl (C=O) groups is 10. The summed E-state index contributed by atoms with van der Waals surface area (Å²) in [5.74, 6) is -7.70. The van der Waals surface area contributed by atoms with Gasteiger partial charge in [-0.25, -0.2) is 4.98 Å². The van der Waals surface area contributed by atoms with E-state index in [1.165, 1.54) is 19.4 Å². The minimum atomic E-state index is -1.36. The van der Waals surface area contributed by atoms with Crippen molar-refractivity contribution in [2.75, 3.05) is 6.54 Å². The maximum Gasteiger partial charge on any atom is 0.243 e. The van der Waals surface area contributed by atoms with Crippen molar-refractivity contribution in [1.82, 2.24) is 62.5 Å². The topological polar surface area (TPSA) is 405 Å². The molecule has 84 heavy (non-hydrogen) atoms. The number of aromatic amines is 3. The van der Waals surface area contributed by atoms with Gasteiger partial charge >= 0.3 is 0 Å². The standard InChI is InChI=1S/C59H77N15O10/c1-5-6-18-44(52(62)77)70-57(82)46(25-35-14-8-7-9-15-35)72-58(83)48(28-38-31-63-32-67-38)69-50(76)23-24-64-59(84)51(33(2)3)74-53(78)34(4)68-56(81)47(27-37-30-66-43-20-13-11-17-40(37)43)73-55(80)45(21-22-49(61)75)71-54(79)41(60)26-36-29-65-42-19-12-10-16-39(36)42/h7-17,19-20,29-34,41,44-48,51,65-66H,5-6,18,21-28,60H2,1-4H3,(H2,61,75)(H2,62,77)(H,63,67)(H,64,84)(H,68,81)(H,69,76)(H,70,82)(H,71,79)(H,72,83)(H,73,80)(H,74,78). The number of imidazole rings is 1. The van der Waals surface area contributed by atoms with E-state index in [0.717, 1.165) is 33.8 Å². The number of carbonyl (C=O) groups excluding carboxylic acids is 10. The molecule has 0 aliphatic rings. The number of hydrogen-bond acceptors (Lipinski definition) is 12. The molecule has 17 N–H and O–H groups in total. The largest absolute Gasteiger partial charge is 0.370 e. The summed E-state index contributed by atoms with van der Waals surface area (Å²) in [7, 11) is 0. The molecule has 3 heterocycles. The molecule has 0 spiro atoms. The lowest BCUT2D eigenvalue weighted by Crippen LogP contribution is -2.59. The molecule has 0 aliphatic carbocycles. The molecule has 6 rings (SSSR count). The molecular weight excluding hydrogens is 1080 g/mol. The average Bonchev–Trinajstić information content (AvgIpc) is 4.46. The molecular formula is C59H77N15O10. The van der Waals surface area contributed by atoms with E-state index >= 15 is 0 Å². The first-order chi connectivity index (χ1) is 40.2. The van der Waals surface area contributed by atoms with Gasteiger partial charge in [0.2, 0.25) is 59.1 Å². The highest BCUT2D eigenvalue weighted by Gasteiger charge is 2.34. The van der Waals surface area contributed by atoms with Crippen LogP contribution in [0, 0.1) is 5.92 Å². The SMILES string of the molecule is CCCCC(NC(=O)C(Cc1ccccc1)NC(=O)C(Cc1cnc[nH]1)NC(=O)CCNC(=O)C(NC(=O)C(C)NC(=O)C(Cc1c[nH]c2ccccc12)NC(=O)C(CCC(N)=O)NC(=O)C(N)Cc1c[nH]c2ccccc12)C(C)C)C(N)=O. The van der Waals surface area contributed by atoms with E-state index in [1.807, 2.05) is 49.4 Å². The maximum absolute atomic E-state index is 14.3. The third kappa shape index (κ3) is 18.8. The Balaban J connectivity index is 1.08. The highest BCUT2D eigenvalue weighted by atomic mass is 16.2. The summed E-state index contributed by atoms with van der Waals surface area (Å²) in [5, 5.41) is 23.1. The zero-order chi connectivity index (χ0) is 60.9. The molecule has 10 amide bonds. The minimum absolute atomic E-state index is 0.0476. The van der Waals surface area contributed by atoms with Crippen molar-refractivity contribution < 1.29 is 47.9 Å². The Morgan fingerprint density at radius 3 is 1.67 bits per heavy atom. The van der Waals surface area contributed by atoms with Gasteiger partial charge in [-0.3, -0.25) is 47.9 Å². The Morgan fingerprint density at radius 1 is 0.536 bits per heavy atom. The Kier molecular flexibility index (Phi) is 23.7. The van der Waals surface area contributed by atoms with Crippen molar-refractivity contribution in [3.63, 3.8) is 0 Å². The van der Waals surface area contributed by atoms with Gasteiger partial charge in [0.25, 0.3) is 0 Å². The Morgan fingerprint density at radius 2 is 1.08 bits per heavy atom. The molecule has 0 aliphatic heterocycles. The van der Waals surface area contributed by atoms with Gasteiger partial charge < -0.3 is 74.7 Å². The number of fused-ring (bicyclic) bond motifs is 2. The minimum Gasteiger partial charge on any atom is -0.370 e. The van der Waals surface area contributed by atoms with Crippen LogP contribution >= 0.6 is 0 Å². The molecule has 6 aromatic rings. The molecule has 0 saturated heterocycles. The molecule has 0 saturated carbocycles. The molecule has 0 radical (unpaired) electrons. The third-order valence-corrected chi connectivity index (χ3v) is 14.2. The van der Waals surface area contributed by atoms with Crippen LogP contribution in [0.15, 0.2) is 104 Å². The van der Waals surface area contributed by atoms with Crippen LogP contribution in [-0.2, 0) is 73.6 Å². The number of unbranched alkanes of at least 4 members (excludes halogenated alkanes) is 1. The van der Waals surface area contributed by atoms with Gasteiger partial charge in [-0.15, -0.1) is 0 Å². The molecule has 3 aromatic heterocycles. The van der Waals surface area contributed by atoms with Crippen LogP contribution in [0.3, 0.4) is 0 Å².